The molecule has 0 radical (unpaired) electrons. The van der Waals surface area contributed by atoms with Gasteiger partial charge in [-0.15, -0.1) is 11.3 Å². The smallest absolute Gasteiger partial charge is 0.0940 e. The maximum absolute atomic E-state index is 4.56. The molecule has 4 nitrogen and oxygen atoms in total. The summed E-state index contributed by atoms with van der Waals surface area (Å²) in [6, 6.07) is 0.533. The Morgan fingerprint density at radius 3 is 2.79 bits per heavy atom. The SMILES string of the molecule is CNC(C)Cc1cnc(CCN2CCN(C)CC2)s1. The monoisotopic (exact) mass is 282 g/mol. The molecule has 1 aromatic rings. The van der Waals surface area contributed by atoms with E-state index in [0.29, 0.717) is 6.04 Å². The van der Waals surface area contributed by atoms with Crippen LogP contribution in [0.2, 0.25) is 0 Å². The zero-order valence-corrected chi connectivity index (χ0v) is 13.2. The summed E-state index contributed by atoms with van der Waals surface area (Å²) >= 11 is 1.88. The Balaban J connectivity index is 1.74. The second kappa shape index (κ2) is 7.33. The van der Waals surface area contributed by atoms with Crippen molar-refractivity contribution >= 4 is 11.3 Å². The number of hydrogen-bond donors (Lipinski definition) is 1. The van der Waals surface area contributed by atoms with Crippen LogP contribution in [0.1, 0.15) is 16.8 Å². The molecule has 2 heterocycles. The predicted octanol–water partition coefficient (Wildman–Crippen LogP) is 1.08. The van der Waals surface area contributed by atoms with E-state index in [1.807, 2.05) is 18.4 Å². The summed E-state index contributed by atoms with van der Waals surface area (Å²) in [5.74, 6) is 0. The molecule has 19 heavy (non-hydrogen) atoms. The van der Waals surface area contributed by atoms with Gasteiger partial charge < -0.3 is 15.1 Å². The fourth-order valence-electron chi connectivity index (χ4n) is 2.29. The van der Waals surface area contributed by atoms with Gasteiger partial charge in [0.15, 0.2) is 0 Å². The minimum atomic E-state index is 0.533. The van der Waals surface area contributed by atoms with Crippen LogP contribution in [0.4, 0.5) is 0 Å². The van der Waals surface area contributed by atoms with Crippen molar-refractivity contribution in [2.24, 2.45) is 0 Å². The normalized spacial score (nSPS) is 19.7. The first-order valence-electron chi connectivity index (χ1n) is 7.19. The van der Waals surface area contributed by atoms with Crippen molar-refractivity contribution in [1.82, 2.24) is 20.1 Å². The molecule has 0 spiro atoms. The van der Waals surface area contributed by atoms with Gasteiger partial charge in [0.25, 0.3) is 0 Å². The molecule has 2 rings (SSSR count). The van der Waals surface area contributed by atoms with E-state index < -0.39 is 0 Å². The summed E-state index contributed by atoms with van der Waals surface area (Å²) in [4.78, 5) is 10.9. The maximum atomic E-state index is 4.56. The van der Waals surface area contributed by atoms with E-state index in [4.69, 9.17) is 0 Å². The molecule has 1 fully saturated rings. The number of nitrogens with zero attached hydrogens (tertiary/aromatic N) is 3. The van der Waals surface area contributed by atoms with E-state index in [-0.39, 0.29) is 0 Å². The first-order chi connectivity index (χ1) is 9.17. The molecule has 0 aromatic carbocycles. The quantitative estimate of drug-likeness (QED) is 0.846. The summed E-state index contributed by atoms with van der Waals surface area (Å²) in [5, 5.41) is 4.57. The number of thiazole rings is 1. The van der Waals surface area contributed by atoms with Crippen LogP contribution < -0.4 is 5.32 Å². The molecule has 0 bridgehead atoms. The van der Waals surface area contributed by atoms with Crippen LogP contribution >= 0.6 is 11.3 Å². The van der Waals surface area contributed by atoms with Gasteiger partial charge in [-0.25, -0.2) is 4.98 Å². The second-order valence-corrected chi connectivity index (χ2v) is 6.71. The molecule has 1 N–H and O–H groups in total. The first kappa shape index (κ1) is 14.9. The Labute approximate surface area is 120 Å². The van der Waals surface area contributed by atoms with Crippen LogP contribution in [-0.4, -0.2) is 67.6 Å². The molecule has 1 aliphatic rings. The molecular weight excluding hydrogens is 256 g/mol. The summed E-state index contributed by atoms with van der Waals surface area (Å²) in [6.45, 7) is 8.16. The third kappa shape index (κ3) is 4.84. The van der Waals surface area contributed by atoms with Crippen molar-refractivity contribution in [3.8, 4) is 0 Å². The molecule has 108 valence electrons. The standard InChI is InChI=1S/C14H26N4S/c1-12(15-2)10-13-11-16-14(19-13)4-5-18-8-6-17(3)7-9-18/h11-12,15H,4-10H2,1-3H3. The van der Waals surface area contributed by atoms with Crippen LogP contribution in [0.15, 0.2) is 6.20 Å². The van der Waals surface area contributed by atoms with E-state index in [1.165, 1.54) is 36.1 Å². The molecule has 1 aromatic heterocycles. The molecule has 1 saturated heterocycles. The lowest BCUT2D eigenvalue weighted by molar-refractivity contribution is 0.155. The average Bonchev–Trinajstić information content (AvgIpc) is 2.85. The van der Waals surface area contributed by atoms with Crippen LogP contribution in [-0.2, 0) is 12.8 Å². The number of likely N-dealkylation sites (N-methyl/N-ethyl adjacent to an activating group) is 2. The minimum absolute atomic E-state index is 0.533. The van der Waals surface area contributed by atoms with Gasteiger partial charge in [-0.3, -0.25) is 0 Å². The van der Waals surface area contributed by atoms with Crippen molar-refractivity contribution in [3.63, 3.8) is 0 Å². The lowest BCUT2D eigenvalue weighted by atomic mass is 10.2. The molecule has 1 atom stereocenters. The predicted molar refractivity (Wildman–Crippen MR) is 82.0 cm³/mol. The van der Waals surface area contributed by atoms with Gasteiger partial charge >= 0.3 is 0 Å². The Hall–Kier alpha value is -0.490. The highest BCUT2D eigenvalue weighted by Crippen LogP contribution is 2.16. The summed E-state index contributed by atoms with van der Waals surface area (Å²) in [6.07, 6.45) is 4.24. The van der Waals surface area contributed by atoms with Gasteiger partial charge in [0.05, 0.1) is 5.01 Å². The van der Waals surface area contributed by atoms with Crippen LogP contribution in [0.25, 0.3) is 0 Å². The van der Waals surface area contributed by atoms with Crippen molar-refractivity contribution in [1.29, 1.82) is 0 Å². The average molecular weight is 282 g/mol. The number of aromatic nitrogens is 1. The third-order valence-electron chi connectivity index (χ3n) is 3.84. The molecular formula is C14H26N4S. The van der Waals surface area contributed by atoms with E-state index in [9.17, 15) is 0 Å². The lowest BCUT2D eigenvalue weighted by Crippen LogP contribution is -2.45. The third-order valence-corrected chi connectivity index (χ3v) is 4.92. The highest BCUT2D eigenvalue weighted by molar-refractivity contribution is 7.11. The maximum Gasteiger partial charge on any atom is 0.0940 e. The zero-order chi connectivity index (χ0) is 13.7. The summed E-state index contributed by atoms with van der Waals surface area (Å²) in [5.41, 5.74) is 0. The zero-order valence-electron chi connectivity index (χ0n) is 12.4. The highest BCUT2D eigenvalue weighted by atomic mass is 32.1. The Morgan fingerprint density at radius 1 is 1.37 bits per heavy atom. The molecule has 0 saturated carbocycles. The Morgan fingerprint density at radius 2 is 2.11 bits per heavy atom. The molecule has 1 aliphatic heterocycles. The number of hydrogen-bond acceptors (Lipinski definition) is 5. The van der Waals surface area contributed by atoms with Crippen LogP contribution in [0, 0.1) is 0 Å². The van der Waals surface area contributed by atoms with Gasteiger partial charge in [-0.2, -0.15) is 0 Å². The number of rotatable bonds is 6. The van der Waals surface area contributed by atoms with Crippen molar-refractivity contribution in [2.75, 3.05) is 46.8 Å². The molecule has 5 heteroatoms. The summed E-state index contributed by atoms with van der Waals surface area (Å²) in [7, 11) is 4.22. The fraction of sp³-hybridized carbons (Fsp3) is 0.786. The van der Waals surface area contributed by atoms with Crippen molar-refractivity contribution < 1.29 is 0 Å². The minimum Gasteiger partial charge on any atom is -0.317 e. The van der Waals surface area contributed by atoms with Crippen LogP contribution in [0.5, 0.6) is 0 Å². The van der Waals surface area contributed by atoms with Gasteiger partial charge in [-0.1, -0.05) is 0 Å². The van der Waals surface area contributed by atoms with E-state index >= 15 is 0 Å². The fourth-order valence-corrected chi connectivity index (χ4v) is 3.33. The van der Waals surface area contributed by atoms with E-state index in [0.717, 1.165) is 19.4 Å². The number of piperazine rings is 1. The van der Waals surface area contributed by atoms with Gasteiger partial charge in [0, 0.05) is 56.3 Å². The molecule has 0 aliphatic carbocycles. The van der Waals surface area contributed by atoms with E-state index in [1.54, 1.807) is 0 Å². The van der Waals surface area contributed by atoms with Gasteiger partial charge in [-0.05, 0) is 27.4 Å². The van der Waals surface area contributed by atoms with Crippen LogP contribution in [0.3, 0.4) is 0 Å². The molecule has 1 unspecified atom stereocenters. The van der Waals surface area contributed by atoms with E-state index in [2.05, 4.69) is 40.3 Å². The lowest BCUT2D eigenvalue weighted by Gasteiger charge is -2.32. The Bertz CT molecular complexity index is 371. The topological polar surface area (TPSA) is 31.4 Å². The van der Waals surface area contributed by atoms with Crippen molar-refractivity contribution in [2.45, 2.75) is 25.8 Å². The molecule has 0 amide bonds. The largest absolute Gasteiger partial charge is 0.317 e. The first-order valence-corrected chi connectivity index (χ1v) is 8.00. The van der Waals surface area contributed by atoms with Gasteiger partial charge in [0.2, 0.25) is 0 Å². The highest BCUT2D eigenvalue weighted by Gasteiger charge is 2.14. The number of nitrogens with one attached hydrogen (secondary N) is 1. The van der Waals surface area contributed by atoms with Gasteiger partial charge in [0.1, 0.15) is 0 Å². The summed E-state index contributed by atoms with van der Waals surface area (Å²) < 4.78 is 0. The second-order valence-electron chi connectivity index (χ2n) is 5.51. The Kier molecular flexibility index (Phi) is 5.76. The van der Waals surface area contributed by atoms with Crippen molar-refractivity contribution in [3.05, 3.63) is 16.1 Å².